The fourth-order valence-corrected chi connectivity index (χ4v) is 4.52. The number of hydrogen-bond donors (Lipinski definition) is 1. The van der Waals surface area contributed by atoms with Crippen LogP contribution in [0.15, 0.2) is 48.3 Å². The lowest BCUT2D eigenvalue weighted by Gasteiger charge is -2.29. The van der Waals surface area contributed by atoms with Crippen molar-refractivity contribution in [1.29, 1.82) is 0 Å². The van der Waals surface area contributed by atoms with Crippen molar-refractivity contribution in [3.8, 4) is 5.75 Å². The van der Waals surface area contributed by atoms with E-state index in [1.807, 2.05) is 0 Å². The lowest BCUT2D eigenvalue weighted by molar-refractivity contribution is -0.140. The maximum atomic E-state index is 13.1. The number of Topliss-reactive ketones (excluding diaryl/α,β-unsaturated/α-hetero) is 1. The van der Waals surface area contributed by atoms with Crippen molar-refractivity contribution >= 4 is 29.1 Å². The molecule has 174 valence electrons. The predicted molar refractivity (Wildman–Crippen MR) is 123 cm³/mol. The zero-order valence-electron chi connectivity index (χ0n) is 18.4. The molecule has 2 aliphatic heterocycles. The monoisotopic (exact) mass is 471 g/mol. The van der Waals surface area contributed by atoms with Crippen molar-refractivity contribution in [2.24, 2.45) is 0 Å². The van der Waals surface area contributed by atoms with E-state index in [0.717, 1.165) is 19.6 Å². The lowest BCUT2D eigenvalue weighted by atomic mass is 9.96. The molecule has 3 heterocycles. The molecule has 4 rings (SSSR count). The van der Waals surface area contributed by atoms with Crippen LogP contribution in [0.25, 0.3) is 5.76 Å². The first-order valence-corrected chi connectivity index (χ1v) is 11.2. The Morgan fingerprint density at radius 2 is 1.91 bits per heavy atom. The number of nitrogens with zero attached hydrogens (tertiary/aromatic N) is 3. The summed E-state index contributed by atoms with van der Waals surface area (Å²) in [4.78, 5) is 34.0. The van der Waals surface area contributed by atoms with E-state index in [2.05, 4.69) is 9.88 Å². The predicted octanol–water partition coefficient (Wildman–Crippen LogP) is 2.89. The molecule has 0 spiro atoms. The number of hydrogen-bond acceptors (Lipinski definition) is 7. The van der Waals surface area contributed by atoms with Gasteiger partial charge in [0.25, 0.3) is 11.7 Å². The highest BCUT2D eigenvalue weighted by atomic mass is 35.5. The quantitative estimate of drug-likeness (QED) is 0.377. The van der Waals surface area contributed by atoms with Crippen LogP contribution in [0.2, 0.25) is 5.02 Å². The number of carbonyl (C=O) groups excluding carboxylic acids is 2. The number of likely N-dealkylation sites (tertiary alicyclic amines) is 1. The van der Waals surface area contributed by atoms with E-state index in [1.165, 1.54) is 18.1 Å². The summed E-state index contributed by atoms with van der Waals surface area (Å²) in [5, 5.41) is 11.4. The molecule has 2 aromatic rings. The minimum Gasteiger partial charge on any atom is -0.507 e. The summed E-state index contributed by atoms with van der Waals surface area (Å²) in [5.74, 6) is -1.16. The van der Waals surface area contributed by atoms with Crippen LogP contribution in [0.4, 0.5) is 0 Å². The molecule has 1 aromatic carbocycles. The van der Waals surface area contributed by atoms with E-state index in [1.54, 1.807) is 36.7 Å². The summed E-state index contributed by atoms with van der Waals surface area (Å²) in [5.41, 5.74) is 1.08. The van der Waals surface area contributed by atoms with Gasteiger partial charge in [-0.25, -0.2) is 0 Å². The highest BCUT2D eigenvalue weighted by Gasteiger charge is 2.45. The molecule has 1 amide bonds. The third kappa shape index (κ3) is 4.88. The molecule has 9 heteroatoms. The number of ether oxygens (including phenoxy) is 2. The molecule has 2 fully saturated rings. The molecule has 2 aliphatic rings. The first-order valence-electron chi connectivity index (χ1n) is 10.8. The largest absolute Gasteiger partial charge is 0.507 e. The summed E-state index contributed by atoms with van der Waals surface area (Å²) in [6, 6.07) is 7.52. The molecule has 0 unspecified atom stereocenters. The summed E-state index contributed by atoms with van der Waals surface area (Å²) in [6.45, 7) is 4.28. The Kier molecular flexibility index (Phi) is 7.27. The van der Waals surface area contributed by atoms with Gasteiger partial charge in [0.2, 0.25) is 0 Å². The number of halogens is 1. The summed E-state index contributed by atoms with van der Waals surface area (Å²) in [7, 11) is 1.49. The summed E-state index contributed by atoms with van der Waals surface area (Å²) in [6.07, 6.45) is 3.91. The highest BCUT2D eigenvalue weighted by Crippen LogP contribution is 2.40. The molecule has 2 saturated heterocycles. The van der Waals surface area contributed by atoms with Crippen LogP contribution in [0.5, 0.6) is 5.75 Å². The maximum absolute atomic E-state index is 13.1. The van der Waals surface area contributed by atoms with Crippen LogP contribution in [-0.2, 0) is 14.3 Å². The van der Waals surface area contributed by atoms with Crippen LogP contribution in [0.1, 0.15) is 23.6 Å². The first-order chi connectivity index (χ1) is 16.0. The number of aliphatic hydroxyl groups excluding tert-OH is 1. The Labute approximate surface area is 197 Å². The SMILES string of the molecule is COc1ccc(/C(O)=C2\C(=O)C(=O)N(CCCN3CCOCC3)[C@H]2c2ccncc2)cc1Cl. The average molecular weight is 472 g/mol. The molecule has 1 atom stereocenters. The Hall–Kier alpha value is -2.94. The van der Waals surface area contributed by atoms with Crippen LogP contribution in [0, 0.1) is 0 Å². The third-order valence-electron chi connectivity index (χ3n) is 5.96. The minimum atomic E-state index is -0.715. The van der Waals surface area contributed by atoms with Gasteiger partial charge < -0.3 is 19.5 Å². The number of aromatic nitrogens is 1. The number of carbonyl (C=O) groups is 2. The zero-order valence-corrected chi connectivity index (χ0v) is 19.1. The van der Waals surface area contributed by atoms with Crippen molar-refractivity contribution in [3.63, 3.8) is 0 Å². The van der Waals surface area contributed by atoms with Crippen molar-refractivity contribution in [1.82, 2.24) is 14.8 Å². The van der Waals surface area contributed by atoms with Crippen molar-refractivity contribution in [3.05, 3.63) is 64.4 Å². The lowest BCUT2D eigenvalue weighted by Crippen LogP contribution is -2.38. The van der Waals surface area contributed by atoms with Crippen LogP contribution >= 0.6 is 11.6 Å². The fourth-order valence-electron chi connectivity index (χ4n) is 4.26. The minimum absolute atomic E-state index is 0.0406. The number of pyridine rings is 1. The van der Waals surface area contributed by atoms with Gasteiger partial charge in [-0.2, -0.15) is 0 Å². The van der Waals surface area contributed by atoms with E-state index in [9.17, 15) is 14.7 Å². The second-order valence-electron chi connectivity index (χ2n) is 7.93. The van der Waals surface area contributed by atoms with E-state index in [0.29, 0.717) is 48.1 Å². The molecular weight excluding hydrogens is 446 g/mol. The van der Waals surface area contributed by atoms with Gasteiger partial charge >= 0.3 is 0 Å². The van der Waals surface area contributed by atoms with Crippen molar-refractivity contribution in [2.45, 2.75) is 12.5 Å². The normalized spacial score (nSPS) is 20.9. The second-order valence-corrected chi connectivity index (χ2v) is 8.34. The van der Waals surface area contributed by atoms with Crippen molar-refractivity contribution in [2.75, 3.05) is 46.5 Å². The maximum Gasteiger partial charge on any atom is 0.295 e. The van der Waals surface area contributed by atoms with Gasteiger partial charge in [-0.3, -0.25) is 19.5 Å². The van der Waals surface area contributed by atoms with Gasteiger partial charge in [0.15, 0.2) is 0 Å². The smallest absolute Gasteiger partial charge is 0.295 e. The number of morpholine rings is 1. The van der Waals surface area contributed by atoms with Crippen LogP contribution in [0.3, 0.4) is 0 Å². The second kappa shape index (κ2) is 10.3. The number of ketones is 1. The zero-order chi connectivity index (χ0) is 23.4. The molecule has 1 aromatic heterocycles. The summed E-state index contributed by atoms with van der Waals surface area (Å²) >= 11 is 6.23. The molecule has 0 saturated carbocycles. The Morgan fingerprint density at radius 3 is 2.58 bits per heavy atom. The van der Waals surface area contributed by atoms with Gasteiger partial charge in [0, 0.05) is 44.1 Å². The van der Waals surface area contributed by atoms with E-state index >= 15 is 0 Å². The van der Waals surface area contributed by atoms with Crippen LogP contribution in [-0.4, -0.2) is 78.1 Å². The molecule has 0 bridgehead atoms. The van der Waals surface area contributed by atoms with Gasteiger partial charge in [0.05, 0.1) is 37.0 Å². The number of methoxy groups -OCH3 is 1. The van der Waals surface area contributed by atoms with Gasteiger partial charge in [-0.1, -0.05) is 11.6 Å². The average Bonchev–Trinajstić information content (AvgIpc) is 3.10. The molecule has 0 aliphatic carbocycles. The molecule has 8 nitrogen and oxygen atoms in total. The Bertz CT molecular complexity index is 1050. The molecular formula is C24H26ClN3O5. The van der Waals surface area contributed by atoms with E-state index in [4.69, 9.17) is 21.1 Å². The summed E-state index contributed by atoms with van der Waals surface area (Å²) < 4.78 is 10.6. The number of amides is 1. The number of rotatable bonds is 7. The number of benzene rings is 1. The number of aliphatic hydroxyl groups is 1. The molecule has 1 N–H and O–H groups in total. The standard InChI is InChI=1S/C24H26ClN3O5/c1-32-19-4-3-17(15-18(19)25)22(29)20-21(16-5-7-26-8-6-16)28(24(31)23(20)30)10-2-9-27-11-13-33-14-12-27/h3-8,15,21,29H,2,9-14H2,1H3/b22-20+/t21-/m0/s1. The van der Waals surface area contributed by atoms with Crippen LogP contribution < -0.4 is 4.74 Å². The van der Waals surface area contributed by atoms with E-state index < -0.39 is 17.7 Å². The third-order valence-corrected chi connectivity index (χ3v) is 6.26. The van der Waals surface area contributed by atoms with Gasteiger partial charge in [-0.15, -0.1) is 0 Å². The van der Waals surface area contributed by atoms with Gasteiger partial charge in [0.1, 0.15) is 11.5 Å². The Balaban J connectivity index is 1.66. The van der Waals surface area contributed by atoms with Crippen molar-refractivity contribution < 1.29 is 24.2 Å². The molecule has 0 radical (unpaired) electrons. The fraction of sp³-hybridized carbons (Fsp3) is 0.375. The molecule has 33 heavy (non-hydrogen) atoms. The topological polar surface area (TPSA) is 92.2 Å². The highest BCUT2D eigenvalue weighted by molar-refractivity contribution is 6.46. The first kappa shape index (κ1) is 23.2. The Morgan fingerprint density at radius 1 is 1.18 bits per heavy atom. The van der Waals surface area contributed by atoms with Gasteiger partial charge in [-0.05, 0) is 42.3 Å². The van der Waals surface area contributed by atoms with E-state index in [-0.39, 0.29) is 11.3 Å².